The first-order chi connectivity index (χ1) is 11.5. The first-order valence-electron chi connectivity index (χ1n) is 9.06. The lowest BCUT2D eigenvalue weighted by Gasteiger charge is -2.36. The van der Waals surface area contributed by atoms with Crippen molar-refractivity contribution in [3.8, 4) is 5.75 Å². The Morgan fingerprint density at radius 2 is 1.96 bits per heavy atom. The minimum Gasteiger partial charge on any atom is -0.492 e. The van der Waals surface area contributed by atoms with Crippen molar-refractivity contribution >= 4 is 5.91 Å². The Morgan fingerprint density at radius 1 is 1.29 bits per heavy atom. The van der Waals surface area contributed by atoms with Crippen LogP contribution in [0.4, 0.5) is 0 Å². The summed E-state index contributed by atoms with van der Waals surface area (Å²) in [5, 5.41) is 0. The number of nitrogens with zero attached hydrogens (tertiary/aromatic N) is 2. The standard InChI is InChI=1S/C19H31N3O2/c1-4-21(5-2)12-13-24-18-8-6-16(7-9-18)19(23)22-11-10-17(20)14-15(22)3/h6-9,15,17H,4-5,10-14,20H2,1-3H3/t15-,17+/m1/s1. The van der Waals surface area contributed by atoms with Crippen LogP contribution in [0.15, 0.2) is 24.3 Å². The molecule has 2 atom stereocenters. The van der Waals surface area contributed by atoms with Gasteiger partial charge in [0.05, 0.1) is 0 Å². The Bertz CT molecular complexity index is 514. The summed E-state index contributed by atoms with van der Waals surface area (Å²) in [5.74, 6) is 0.900. The molecular formula is C19H31N3O2. The molecule has 2 rings (SSSR count). The number of likely N-dealkylation sites (tertiary alicyclic amines) is 1. The zero-order valence-electron chi connectivity index (χ0n) is 15.2. The normalized spacial score (nSPS) is 21.1. The van der Waals surface area contributed by atoms with Gasteiger partial charge in [0.1, 0.15) is 12.4 Å². The second kappa shape index (κ2) is 9.04. The Balaban J connectivity index is 1.88. The Labute approximate surface area is 145 Å². The molecule has 0 aliphatic carbocycles. The lowest BCUT2D eigenvalue weighted by atomic mass is 9.98. The van der Waals surface area contributed by atoms with Crippen LogP contribution in [0.25, 0.3) is 0 Å². The van der Waals surface area contributed by atoms with Crippen molar-refractivity contribution in [2.75, 3.05) is 32.8 Å². The number of carbonyl (C=O) groups is 1. The van der Waals surface area contributed by atoms with Gasteiger partial charge in [0.15, 0.2) is 0 Å². The van der Waals surface area contributed by atoms with Crippen molar-refractivity contribution in [1.29, 1.82) is 0 Å². The maximum Gasteiger partial charge on any atom is 0.254 e. The molecule has 0 aromatic heterocycles. The topological polar surface area (TPSA) is 58.8 Å². The number of hydrogen-bond acceptors (Lipinski definition) is 4. The minimum absolute atomic E-state index is 0.0871. The minimum atomic E-state index is 0.0871. The zero-order valence-corrected chi connectivity index (χ0v) is 15.2. The fourth-order valence-corrected chi connectivity index (χ4v) is 3.20. The lowest BCUT2D eigenvalue weighted by molar-refractivity contribution is 0.0619. The van der Waals surface area contributed by atoms with Gasteiger partial charge < -0.3 is 20.3 Å². The van der Waals surface area contributed by atoms with Crippen LogP contribution in [0.2, 0.25) is 0 Å². The van der Waals surface area contributed by atoms with Crippen LogP contribution in [0.5, 0.6) is 5.75 Å². The van der Waals surface area contributed by atoms with E-state index in [4.69, 9.17) is 10.5 Å². The van der Waals surface area contributed by atoms with Gasteiger partial charge in [-0.05, 0) is 57.1 Å². The molecule has 5 heteroatoms. The quantitative estimate of drug-likeness (QED) is 0.832. The van der Waals surface area contributed by atoms with Gasteiger partial charge in [0.25, 0.3) is 5.91 Å². The van der Waals surface area contributed by atoms with Crippen LogP contribution >= 0.6 is 0 Å². The molecule has 1 aromatic carbocycles. The maximum atomic E-state index is 12.6. The molecule has 5 nitrogen and oxygen atoms in total. The van der Waals surface area contributed by atoms with E-state index in [9.17, 15) is 4.79 Å². The van der Waals surface area contributed by atoms with Crippen LogP contribution in [0.3, 0.4) is 0 Å². The molecule has 1 amide bonds. The molecule has 1 saturated heterocycles. The number of amides is 1. The van der Waals surface area contributed by atoms with Crippen LogP contribution in [0.1, 0.15) is 44.0 Å². The number of rotatable bonds is 7. The second-order valence-electron chi connectivity index (χ2n) is 6.53. The highest BCUT2D eigenvalue weighted by atomic mass is 16.5. The van der Waals surface area contributed by atoms with Crippen LogP contribution in [-0.2, 0) is 0 Å². The van der Waals surface area contributed by atoms with E-state index in [1.54, 1.807) is 0 Å². The van der Waals surface area contributed by atoms with Gasteiger partial charge in [-0.15, -0.1) is 0 Å². The number of nitrogens with two attached hydrogens (primary N) is 1. The van der Waals surface area contributed by atoms with Gasteiger partial charge in [-0.1, -0.05) is 13.8 Å². The van der Waals surface area contributed by atoms with Crippen molar-refractivity contribution in [3.05, 3.63) is 29.8 Å². The molecule has 1 aliphatic rings. The highest BCUT2D eigenvalue weighted by Gasteiger charge is 2.27. The van der Waals surface area contributed by atoms with Gasteiger partial charge in [0, 0.05) is 30.7 Å². The summed E-state index contributed by atoms with van der Waals surface area (Å²) in [6.07, 6.45) is 1.75. The number of hydrogen-bond donors (Lipinski definition) is 1. The van der Waals surface area contributed by atoms with Crippen molar-refractivity contribution in [3.63, 3.8) is 0 Å². The number of carbonyl (C=O) groups excluding carboxylic acids is 1. The van der Waals surface area contributed by atoms with E-state index in [2.05, 4.69) is 25.7 Å². The second-order valence-corrected chi connectivity index (χ2v) is 6.53. The molecule has 0 bridgehead atoms. The molecule has 0 spiro atoms. The Kier molecular flexibility index (Phi) is 7.06. The SMILES string of the molecule is CCN(CC)CCOc1ccc(C(=O)N2CC[C@H](N)C[C@H]2C)cc1. The smallest absolute Gasteiger partial charge is 0.254 e. The van der Waals surface area contributed by atoms with E-state index in [0.29, 0.717) is 12.2 Å². The van der Waals surface area contributed by atoms with Crippen molar-refractivity contribution < 1.29 is 9.53 Å². The average Bonchev–Trinajstić information content (AvgIpc) is 2.59. The number of likely N-dealkylation sites (N-methyl/N-ethyl adjacent to an activating group) is 1. The number of piperidine rings is 1. The molecule has 1 heterocycles. The summed E-state index contributed by atoms with van der Waals surface area (Å²) >= 11 is 0. The third kappa shape index (κ3) is 4.95. The molecule has 0 radical (unpaired) electrons. The first kappa shape index (κ1) is 18.7. The molecule has 2 N–H and O–H groups in total. The van der Waals surface area contributed by atoms with Crippen LogP contribution in [0, 0.1) is 0 Å². The number of ether oxygens (including phenoxy) is 1. The fraction of sp³-hybridized carbons (Fsp3) is 0.632. The third-order valence-electron chi connectivity index (χ3n) is 4.85. The highest BCUT2D eigenvalue weighted by molar-refractivity contribution is 5.94. The zero-order chi connectivity index (χ0) is 17.5. The predicted molar refractivity (Wildman–Crippen MR) is 97.4 cm³/mol. The summed E-state index contributed by atoms with van der Waals surface area (Å²) in [4.78, 5) is 16.9. The molecule has 0 saturated carbocycles. The molecule has 1 aliphatic heterocycles. The van der Waals surface area contributed by atoms with Crippen molar-refractivity contribution in [1.82, 2.24) is 9.80 Å². The molecular weight excluding hydrogens is 302 g/mol. The van der Waals surface area contributed by atoms with E-state index >= 15 is 0 Å². The predicted octanol–water partition coefficient (Wildman–Crippen LogP) is 2.36. The first-order valence-corrected chi connectivity index (χ1v) is 9.06. The Morgan fingerprint density at radius 3 is 2.54 bits per heavy atom. The van der Waals surface area contributed by atoms with E-state index in [-0.39, 0.29) is 18.0 Å². The fourth-order valence-electron chi connectivity index (χ4n) is 3.20. The van der Waals surface area contributed by atoms with Crippen molar-refractivity contribution in [2.24, 2.45) is 5.73 Å². The number of benzene rings is 1. The molecule has 0 unspecified atom stereocenters. The summed E-state index contributed by atoms with van der Waals surface area (Å²) < 4.78 is 5.77. The van der Waals surface area contributed by atoms with E-state index in [1.165, 1.54) is 0 Å². The van der Waals surface area contributed by atoms with Crippen LogP contribution < -0.4 is 10.5 Å². The maximum absolute atomic E-state index is 12.6. The Hall–Kier alpha value is -1.59. The van der Waals surface area contributed by atoms with E-state index < -0.39 is 0 Å². The van der Waals surface area contributed by atoms with Gasteiger partial charge >= 0.3 is 0 Å². The van der Waals surface area contributed by atoms with Gasteiger partial charge in [-0.25, -0.2) is 0 Å². The van der Waals surface area contributed by atoms with Gasteiger partial charge in [-0.2, -0.15) is 0 Å². The highest BCUT2D eigenvalue weighted by Crippen LogP contribution is 2.20. The lowest BCUT2D eigenvalue weighted by Crippen LogP contribution is -2.48. The largest absolute Gasteiger partial charge is 0.492 e. The van der Waals surface area contributed by atoms with Gasteiger partial charge in [0.2, 0.25) is 0 Å². The molecule has 1 aromatic rings. The summed E-state index contributed by atoms with van der Waals surface area (Å²) in [6, 6.07) is 7.90. The summed E-state index contributed by atoms with van der Waals surface area (Å²) in [7, 11) is 0. The van der Waals surface area contributed by atoms with E-state index in [0.717, 1.165) is 44.8 Å². The summed E-state index contributed by atoms with van der Waals surface area (Å²) in [5.41, 5.74) is 6.69. The molecule has 134 valence electrons. The van der Waals surface area contributed by atoms with E-state index in [1.807, 2.05) is 29.2 Å². The monoisotopic (exact) mass is 333 g/mol. The third-order valence-corrected chi connectivity index (χ3v) is 4.85. The molecule has 24 heavy (non-hydrogen) atoms. The van der Waals surface area contributed by atoms with Crippen molar-refractivity contribution in [2.45, 2.75) is 45.7 Å². The summed E-state index contributed by atoms with van der Waals surface area (Å²) in [6.45, 7) is 10.8. The average molecular weight is 333 g/mol. The van der Waals surface area contributed by atoms with Gasteiger partial charge in [-0.3, -0.25) is 4.79 Å². The molecule has 1 fully saturated rings. The van der Waals surface area contributed by atoms with Crippen LogP contribution in [-0.4, -0.2) is 60.6 Å².